The number of amides is 2. The molecule has 2 bridgehead atoms. The van der Waals surface area contributed by atoms with E-state index in [0.717, 1.165) is 32.4 Å². The van der Waals surface area contributed by atoms with Crippen LogP contribution in [0.1, 0.15) is 42.5 Å². The van der Waals surface area contributed by atoms with Crippen LogP contribution in [0.2, 0.25) is 0 Å². The Hall–Kier alpha value is -1.89. The highest BCUT2D eigenvalue weighted by molar-refractivity contribution is 5.93. The van der Waals surface area contributed by atoms with E-state index in [0.29, 0.717) is 29.9 Å². The topological polar surface area (TPSA) is 93.2 Å². The minimum absolute atomic E-state index is 0.0515. The second-order valence-corrected chi connectivity index (χ2v) is 8.32. The van der Waals surface area contributed by atoms with Crippen LogP contribution < -0.4 is 11.1 Å². The number of hydrogen-bond acceptors (Lipinski definition) is 4. The highest BCUT2D eigenvalue weighted by Gasteiger charge is 2.50. The number of aryl methyl sites for hydroxylation is 1. The van der Waals surface area contributed by atoms with Crippen molar-refractivity contribution in [2.24, 2.45) is 36.5 Å². The van der Waals surface area contributed by atoms with E-state index in [1.807, 2.05) is 4.90 Å². The van der Waals surface area contributed by atoms with Crippen molar-refractivity contribution in [2.75, 3.05) is 19.6 Å². The second-order valence-electron chi connectivity index (χ2n) is 8.32. The molecule has 2 aliphatic carbocycles. The zero-order valence-corrected chi connectivity index (χ0v) is 15.4. The van der Waals surface area contributed by atoms with Crippen LogP contribution in [0.5, 0.6) is 0 Å². The molecule has 26 heavy (non-hydrogen) atoms. The summed E-state index contributed by atoms with van der Waals surface area (Å²) in [7, 11) is 1.80. The van der Waals surface area contributed by atoms with Crippen LogP contribution in [0.3, 0.4) is 0 Å². The van der Waals surface area contributed by atoms with Crippen molar-refractivity contribution in [3.05, 3.63) is 18.0 Å². The van der Waals surface area contributed by atoms with E-state index in [1.54, 1.807) is 24.1 Å². The highest BCUT2D eigenvalue weighted by atomic mass is 16.2. The number of aromatic nitrogens is 2. The summed E-state index contributed by atoms with van der Waals surface area (Å²) in [5.74, 6) is 1.75. The summed E-state index contributed by atoms with van der Waals surface area (Å²) in [5.41, 5.74) is 6.92. The van der Waals surface area contributed by atoms with E-state index in [4.69, 9.17) is 5.73 Å². The number of nitrogens with one attached hydrogen (secondary N) is 1. The molecule has 4 unspecified atom stereocenters. The van der Waals surface area contributed by atoms with Gasteiger partial charge in [0.1, 0.15) is 0 Å². The lowest BCUT2D eigenvalue weighted by atomic mass is 9.83. The Labute approximate surface area is 154 Å². The number of fused-ring (bicyclic) bond motifs is 2. The molecular weight excluding hydrogens is 330 g/mol. The average molecular weight is 359 g/mol. The average Bonchev–Trinajstić information content (AvgIpc) is 3.36. The maximum absolute atomic E-state index is 12.9. The smallest absolute Gasteiger partial charge is 0.254 e. The predicted octanol–water partition coefficient (Wildman–Crippen LogP) is 0.762. The number of nitrogens with zero attached hydrogens (tertiary/aromatic N) is 3. The molecule has 3 N–H and O–H groups in total. The van der Waals surface area contributed by atoms with E-state index >= 15 is 0 Å². The molecule has 0 aromatic carbocycles. The quantitative estimate of drug-likeness (QED) is 0.830. The largest absolute Gasteiger partial charge is 0.352 e. The van der Waals surface area contributed by atoms with Crippen molar-refractivity contribution in [2.45, 2.75) is 38.1 Å². The monoisotopic (exact) mass is 359 g/mol. The molecule has 3 aliphatic rings. The maximum atomic E-state index is 12.9. The first kappa shape index (κ1) is 17.5. The van der Waals surface area contributed by atoms with Crippen molar-refractivity contribution < 1.29 is 9.59 Å². The summed E-state index contributed by atoms with van der Waals surface area (Å²) in [5, 5.41) is 7.02. The first-order chi connectivity index (χ1) is 12.5. The minimum atomic E-state index is -0.0791. The van der Waals surface area contributed by atoms with Gasteiger partial charge in [-0.3, -0.25) is 14.3 Å². The fourth-order valence-corrected chi connectivity index (χ4v) is 5.15. The minimum Gasteiger partial charge on any atom is -0.352 e. The van der Waals surface area contributed by atoms with Crippen molar-refractivity contribution in [3.8, 4) is 0 Å². The van der Waals surface area contributed by atoms with Gasteiger partial charge < -0.3 is 16.0 Å². The summed E-state index contributed by atoms with van der Waals surface area (Å²) >= 11 is 0. The summed E-state index contributed by atoms with van der Waals surface area (Å²) in [6.07, 6.45) is 8.70. The van der Waals surface area contributed by atoms with Crippen LogP contribution in [0.25, 0.3) is 0 Å². The van der Waals surface area contributed by atoms with Gasteiger partial charge in [0.2, 0.25) is 5.91 Å². The number of likely N-dealkylation sites (tertiary alicyclic amines) is 1. The van der Waals surface area contributed by atoms with Crippen molar-refractivity contribution in [3.63, 3.8) is 0 Å². The van der Waals surface area contributed by atoms with Gasteiger partial charge in [0.05, 0.1) is 17.7 Å². The molecule has 142 valence electrons. The Morgan fingerprint density at radius 3 is 2.58 bits per heavy atom. The van der Waals surface area contributed by atoms with Gasteiger partial charge in [0.15, 0.2) is 0 Å². The van der Waals surface area contributed by atoms with Gasteiger partial charge >= 0.3 is 0 Å². The number of nitrogens with two attached hydrogens (primary N) is 1. The fraction of sp³-hybridized carbons (Fsp3) is 0.737. The van der Waals surface area contributed by atoms with E-state index in [9.17, 15) is 9.59 Å². The van der Waals surface area contributed by atoms with Gasteiger partial charge in [-0.1, -0.05) is 0 Å². The Morgan fingerprint density at radius 1 is 1.23 bits per heavy atom. The number of carbonyl (C=O) groups excluding carboxylic acids is 2. The number of piperidine rings is 1. The lowest BCUT2D eigenvalue weighted by molar-refractivity contribution is -0.139. The molecular formula is C19H29N5O2. The predicted molar refractivity (Wildman–Crippen MR) is 97.1 cm³/mol. The molecule has 1 aromatic heterocycles. The van der Waals surface area contributed by atoms with Gasteiger partial charge in [-0.05, 0) is 49.9 Å². The molecule has 1 aromatic rings. The maximum Gasteiger partial charge on any atom is 0.254 e. The SMILES string of the molecule is Cn1cc(C(=O)NCC2CCN(C(=O)C3C4CCC(C4)C3N)CC2)cn1. The molecule has 1 saturated heterocycles. The van der Waals surface area contributed by atoms with Gasteiger partial charge in [-0.2, -0.15) is 5.10 Å². The molecule has 7 heteroatoms. The Morgan fingerprint density at radius 2 is 1.96 bits per heavy atom. The van der Waals surface area contributed by atoms with Crippen LogP contribution >= 0.6 is 0 Å². The zero-order valence-electron chi connectivity index (χ0n) is 15.4. The van der Waals surface area contributed by atoms with Crippen molar-refractivity contribution in [1.29, 1.82) is 0 Å². The molecule has 0 radical (unpaired) electrons. The molecule has 4 rings (SSSR count). The van der Waals surface area contributed by atoms with Crippen LogP contribution in [0.15, 0.2) is 12.4 Å². The Balaban J connectivity index is 1.24. The van der Waals surface area contributed by atoms with E-state index in [2.05, 4.69) is 10.4 Å². The first-order valence-corrected chi connectivity index (χ1v) is 9.84. The molecule has 2 amide bonds. The lowest BCUT2D eigenvalue weighted by Crippen LogP contribution is -2.50. The third-order valence-corrected chi connectivity index (χ3v) is 6.71. The van der Waals surface area contributed by atoms with Crippen LogP contribution in [0, 0.1) is 23.7 Å². The Kier molecular flexibility index (Phi) is 4.73. The van der Waals surface area contributed by atoms with Crippen LogP contribution in [-0.4, -0.2) is 52.2 Å². The third kappa shape index (κ3) is 3.24. The molecule has 4 atom stereocenters. The van der Waals surface area contributed by atoms with Crippen LogP contribution in [0.4, 0.5) is 0 Å². The summed E-state index contributed by atoms with van der Waals surface area (Å²) in [4.78, 5) is 27.1. The normalized spacial score (nSPS) is 31.4. The summed E-state index contributed by atoms with van der Waals surface area (Å²) in [6, 6.07) is 0.0674. The van der Waals surface area contributed by atoms with Gasteiger partial charge in [0.25, 0.3) is 5.91 Å². The Bertz CT molecular complexity index is 677. The van der Waals surface area contributed by atoms with Crippen molar-refractivity contribution >= 4 is 11.8 Å². The number of carbonyl (C=O) groups is 2. The van der Waals surface area contributed by atoms with E-state index in [-0.39, 0.29) is 23.8 Å². The molecule has 1 aliphatic heterocycles. The third-order valence-electron chi connectivity index (χ3n) is 6.71. The number of hydrogen-bond donors (Lipinski definition) is 2. The zero-order chi connectivity index (χ0) is 18.3. The molecule has 0 spiro atoms. The van der Waals surface area contributed by atoms with E-state index < -0.39 is 0 Å². The van der Waals surface area contributed by atoms with Crippen LogP contribution in [-0.2, 0) is 11.8 Å². The van der Waals surface area contributed by atoms with Gasteiger partial charge in [0, 0.05) is 38.9 Å². The molecule has 2 heterocycles. The summed E-state index contributed by atoms with van der Waals surface area (Å²) < 4.78 is 1.62. The van der Waals surface area contributed by atoms with E-state index in [1.165, 1.54) is 12.8 Å². The standard InChI is InChI=1S/C19H29N5O2/c1-23-11-15(10-22-23)18(25)21-9-12-4-6-24(7-5-12)19(26)16-13-2-3-14(8-13)17(16)20/h10-14,16-17H,2-9,20H2,1H3,(H,21,25). The first-order valence-electron chi connectivity index (χ1n) is 9.84. The number of rotatable bonds is 4. The highest BCUT2D eigenvalue weighted by Crippen LogP contribution is 2.48. The molecule has 3 fully saturated rings. The molecule has 2 saturated carbocycles. The van der Waals surface area contributed by atoms with Gasteiger partial charge in [-0.15, -0.1) is 0 Å². The fourth-order valence-electron chi connectivity index (χ4n) is 5.15. The van der Waals surface area contributed by atoms with Gasteiger partial charge in [-0.25, -0.2) is 0 Å². The van der Waals surface area contributed by atoms with Crippen molar-refractivity contribution in [1.82, 2.24) is 20.0 Å². The molecule has 7 nitrogen and oxygen atoms in total. The lowest BCUT2D eigenvalue weighted by Gasteiger charge is -2.37. The summed E-state index contributed by atoms with van der Waals surface area (Å²) in [6.45, 7) is 2.23. The second kappa shape index (κ2) is 7.02.